The van der Waals surface area contributed by atoms with Crippen LogP contribution in [-0.4, -0.2) is 39.8 Å². The van der Waals surface area contributed by atoms with Crippen LogP contribution in [0.5, 0.6) is 0 Å². The van der Waals surface area contributed by atoms with E-state index in [-0.39, 0.29) is 0 Å². The van der Waals surface area contributed by atoms with E-state index in [4.69, 9.17) is 12.2 Å². The van der Waals surface area contributed by atoms with E-state index in [1.54, 1.807) is 4.68 Å². The van der Waals surface area contributed by atoms with Gasteiger partial charge in [0.15, 0.2) is 0 Å². The fraction of sp³-hybridized carbons (Fsp3) is 0.250. The molecule has 0 fully saturated rings. The predicted molar refractivity (Wildman–Crippen MR) is 60.4 cm³/mol. The molecule has 0 aliphatic carbocycles. The van der Waals surface area contributed by atoms with Gasteiger partial charge in [0.25, 0.3) is 11.7 Å². The molecule has 0 radical (unpaired) electrons. The Morgan fingerprint density at radius 2 is 2.06 bits per heavy atom. The van der Waals surface area contributed by atoms with Crippen molar-refractivity contribution < 1.29 is 0 Å². The molecule has 0 saturated heterocycles. The van der Waals surface area contributed by atoms with Crippen LogP contribution in [0.25, 0.3) is 11.7 Å². The topological polar surface area (TPSA) is 89.6 Å². The summed E-state index contributed by atoms with van der Waals surface area (Å²) in [4.78, 5) is 0. The molecule has 86 valence electrons. The maximum absolute atomic E-state index is 5.02. The van der Waals surface area contributed by atoms with Gasteiger partial charge in [0.2, 0.25) is 4.77 Å². The second-order valence-corrected chi connectivity index (χ2v) is 3.97. The van der Waals surface area contributed by atoms with Crippen molar-refractivity contribution in [2.75, 3.05) is 0 Å². The Hall–Kier alpha value is -2.16. The number of fused-ring (bicyclic) bond motifs is 1. The largest absolute Gasteiger partial charge is 0.289 e. The molecule has 0 aromatic carbocycles. The molecule has 9 heteroatoms. The molecule has 0 saturated carbocycles. The van der Waals surface area contributed by atoms with E-state index >= 15 is 0 Å². The highest BCUT2D eigenvalue weighted by Crippen LogP contribution is 2.06. The predicted octanol–water partition coefficient (Wildman–Crippen LogP) is 0.379. The highest BCUT2D eigenvalue weighted by atomic mass is 32.1. The van der Waals surface area contributed by atoms with Crippen LogP contribution in [0.3, 0.4) is 0 Å². The number of hydrogen-bond donors (Lipinski definition) is 1. The van der Waals surface area contributed by atoms with Crippen molar-refractivity contribution >= 4 is 18.0 Å². The van der Waals surface area contributed by atoms with Crippen LogP contribution in [0.1, 0.15) is 11.4 Å². The molecule has 0 bridgehead atoms. The van der Waals surface area contributed by atoms with Gasteiger partial charge in [-0.3, -0.25) is 0 Å². The van der Waals surface area contributed by atoms with Crippen LogP contribution in [0, 0.1) is 18.6 Å². The van der Waals surface area contributed by atoms with E-state index in [9.17, 15) is 0 Å². The molecule has 1 N–H and O–H groups in total. The maximum Gasteiger partial charge on any atom is 0.289 e. The molecule has 3 heterocycles. The van der Waals surface area contributed by atoms with Crippen LogP contribution in [-0.2, 0) is 0 Å². The Morgan fingerprint density at radius 1 is 1.24 bits per heavy atom. The number of H-pyrrole nitrogens is 1. The highest BCUT2D eigenvalue weighted by Gasteiger charge is 2.09. The number of aromatic amines is 1. The summed E-state index contributed by atoms with van der Waals surface area (Å²) in [6.45, 7) is 3.82. The zero-order valence-corrected chi connectivity index (χ0v) is 9.93. The van der Waals surface area contributed by atoms with Crippen LogP contribution in [0.4, 0.5) is 0 Å². The van der Waals surface area contributed by atoms with Crippen molar-refractivity contribution in [3.05, 3.63) is 22.2 Å². The Labute approximate surface area is 100 Å². The third-order valence-electron chi connectivity index (χ3n) is 2.25. The Kier molecular flexibility index (Phi) is 2.01. The van der Waals surface area contributed by atoms with Crippen molar-refractivity contribution in [1.82, 2.24) is 39.8 Å². The summed E-state index contributed by atoms with van der Waals surface area (Å²) in [5.41, 5.74) is 1.82. The molecule has 0 spiro atoms. The smallest absolute Gasteiger partial charge is 0.248 e. The number of aryl methyl sites for hydroxylation is 2. The van der Waals surface area contributed by atoms with Crippen molar-refractivity contribution in [2.24, 2.45) is 0 Å². The minimum absolute atomic E-state index is 0.334. The Morgan fingerprint density at radius 3 is 2.76 bits per heavy atom. The summed E-state index contributed by atoms with van der Waals surface area (Å²) in [7, 11) is 0. The molecule has 0 unspecified atom stereocenters. The number of aromatic nitrogens is 8. The van der Waals surface area contributed by atoms with Gasteiger partial charge in [-0.1, -0.05) is 0 Å². The standard InChI is InChI=1S/C8H8N8S/c1-4-3-5(2)15(13-4)7-11-9-6-10-12-8(17)16(6)14-7/h3H,1-2H3,(H,12,17). The minimum atomic E-state index is 0.334. The lowest BCUT2D eigenvalue weighted by atomic mass is 10.4. The first-order valence-electron chi connectivity index (χ1n) is 4.87. The first-order chi connectivity index (χ1) is 8.15. The Bertz CT molecular complexity index is 750. The van der Waals surface area contributed by atoms with Gasteiger partial charge < -0.3 is 0 Å². The summed E-state index contributed by atoms with van der Waals surface area (Å²) in [5.74, 6) is 0.695. The molecule has 3 rings (SSSR count). The molecule has 0 atom stereocenters. The van der Waals surface area contributed by atoms with E-state index in [1.165, 1.54) is 4.52 Å². The van der Waals surface area contributed by atoms with Gasteiger partial charge in [0, 0.05) is 5.69 Å². The third-order valence-corrected chi connectivity index (χ3v) is 2.51. The lowest BCUT2D eigenvalue weighted by molar-refractivity contribution is 0.696. The molecule has 0 aliphatic heterocycles. The molecule has 0 aliphatic rings. The molecular formula is C8H8N8S. The number of nitrogens with one attached hydrogen (secondary N) is 1. The quantitative estimate of drug-likeness (QED) is 0.626. The van der Waals surface area contributed by atoms with Crippen LogP contribution in [0.2, 0.25) is 0 Å². The third kappa shape index (κ3) is 1.51. The molecule has 3 aromatic rings. The molecule has 17 heavy (non-hydrogen) atoms. The van der Waals surface area contributed by atoms with E-state index < -0.39 is 0 Å². The summed E-state index contributed by atoms with van der Waals surface area (Å²) in [6, 6.07) is 1.93. The summed E-state index contributed by atoms with van der Waals surface area (Å²) in [6.07, 6.45) is 0. The fourth-order valence-corrected chi connectivity index (χ4v) is 1.72. The van der Waals surface area contributed by atoms with Gasteiger partial charge in [0.05, 0.1) is 5.69 Å². The zero-order chi connectivity index (χ0) is 12.0. The monoisotopic (exact) mass is 248 g/mol. The van der Waals surface area contributed by atoms with Crippen LogP contribution >= 0.6 is 12.2 Å². The van der Waals surface area contributed by atoms with Crippen molar-refractivity contribution in [1.29, 1.82) is 0 Å². The first-order valence-corrected chi connectivity index (χ1v) is 5.28. The van der Waals surface area contributed by atoms with Gasteiger partial charge in [-0.15, -0.1) is 20.4 Å². The second-order valence-electron chi connectivity index (χ2n) is 3.58. The van der Waals surface area contributed by atoms with Gasteiger partial charge in [-0.2, -0.15) is 9.61 Å². The van der Waals surface area contributed by atoms with Gasteiger partial charge >= 0.3 is 0 Å². The SMILES string of the molecule is Cc1cc(C)n(-c2nnc3n[nH]c(=S)n3n2)n1. The highest BCUT2D eigenvalue weighted by molar-refractivity contribution is 7.71. The van der Waals surface area contributed by atoms with Crippen LogP contribution < -0.4 is 0 Å². The van der Waals surface area contributed by atoms with Gasteiger partial charge in [-0.25, -0.2) is 9.78 Å². The van der Waals surface area contributed by atoms with Crippen molar-refractivity contribution in [3.63, 3.8) is 0 Å². The van der Waals surface area contributed by atoms with Crippen molar-refractivity contribution in [3.8, 4) is 5.95 Å². The van der Waals surface area contributed by atoms with Crippen molar-refractivity contribution in [2.45, 2.75) is 13.8 Å². The summed E-state index contributed by atoms with van der Waals surface area (Å²) >= 11 is 5.02. The normalized spacial score (nSPS) is 11.2. The molecule has 3 aromatic heterocycles. The first kappa shape index (κ1) is 10.0. The lowest BCUT2D eigenvalue weighted by Crippen LogP contribution is -2.10. The average molecular weight is 248 g/mol. The van der Waals surface area contributed by atoms with E-state index in [0.29, 0.717) is 16.5 Å². The van der Waals surface area contributed by atoms with Gasteiger partial charge in [-0.05, 0) is 32.1 Å². The Balaban J connectivity index is 2.27. The molecule has 0 amide bonds. The van der Waals surface area contributed by atoms with E-state index in [2.05, 4.69) is 30.6 Å². The lowest BCUT2D eigenvalue weighted by Gasteiger charge is -2.00. The van der Waals surface area contributed by atoms with Gasteiger partial charge in [0.1, 0.15) is 0 Å². The fourth-order valence-electron chi connectivity index (χ4n) is 1.55. The number of rotatable bonds is 1. The van der Waals surface area contributed by atoms with E-state index in [1.807, 2.05) is 19.9 Å². The average Bonchev–Trinajstić information content (AvgIpc) is 2.83. The molecule has 8 nitrogen and oxygen atoms in total. The molecular weight excluding hydrogens is 240 g/mol. The zero-order valence-electron chi connectivity index (χ0n) is 9.12. The summed E-state index contributed by atoms with van der Waals surface area (Å²) < 4.78 is 3.39. The minimum Gasteiger partial charge on any atom is -0.248 e. The van der Waals surface area contributed by atoms with Crippen LogP contribution in [0.15, 0.2) is 6.07 Å². The number of hydrogen-bond acceptors (Lipinski definition) is 6. The summed E-state index contributed by atoms with van der Waals surface area (Å²) in [5, 5.41) is 22.8. The van der Waals surface area contributed by atoms with E-state index in [0.717, 1.165) is 11.4 Å². The number of nitrogens with zero attached hydrogens (tertiary/aromatic N) is 7. The second kappa shape index (κ2) is 3.42. The maximum atomic E-state index is 5.02.